The standard InChI is InChI=1S/C16H25N3O2/c1-3-16(14-5-4-6-15(9-14)19(20)21)18-11-13(10-17)8-7-12(18)2/h4-6,9,12-13,16H,3,7-8,10-11,17H2,1-2H3. The molecule has 1 fully saturated rings. The minimum absolute atomic E-state index is 0.172. The molecule has 3 atom stereocenters. The van der Waals surface area contributed by atoms with Gasteiger partial charge in [0.05, 0.1) is 4.92 Å². The largest absolute Gasteiger partial charge is 0.330 e. The number of nitrogens with zero attached hydrogens (tertiary/aromatic N) is 2. The Hall–Kier alpha value is -1.46. The Morgan fingerprint density at radius 1 is 1.48 bits per heavy atom. The average molecular weight is 291 g/mol. The van der Waals surface area contributed by atoms with Gasteiger partial charge in [0.15, 0.2) is 0 Å². The number of piperidine rings is 1. The van der Waals surface area contributed by atoms with E-state index in [9.17, 15) is 10.1 Å². The van der Waals surface area contributed by atoms with Crippen LogP contribution in [0.3, 0.4) is 0 Å². The first-order valence-electron chi connectivity index (χ1n) is 7.77. The van der Waals surface area contributed by atoms with E-state index < -0.39 is 0 Å². The summed E-state index contributed by atoms with van der Waals surface area (Å²) < 4.78 is 0. The fraction of sp³-hybridized carbons (Fsp3) is 0.625. The summed E-state index contributed by atoms with van der Waals surface area (Å²) >= 11 is 0. The van der Waals surface area contributed by atoms with Crippen LogP contribution in [0.5, 0.6) is 0 Å². The summed E-state index contributed by atoms with van der Waals surface area (Å²) in [6.07, 6.45) is 3.27. The van der Waals surface area contributed by atoms with Crippen molar-refractivity contribution in [3.05, 3.63) is 39.9 Å². The third kappa shape index (κ3) is 3.60. The van der Waals surface area contributed by atoms with Crippen molar-refractivity contribution in [2.75, 3.05) is 13.1 Å². The first kappa shape index (κ1) is 15.9. The van der Waals surface area contributed by atoms with E-state index in [0.717, 1.165) is 24.9 Å². The van der Waals surface area contributed by atoms with Gasteiger partial charge in [0.1, 0.15) is 0 Å². The van der Waals surface area contributed by atoms with Crippen LogP contribution < -0.4 is 5.73 Å². The molecule has 2 rings (SSSR count). The highest BCUT2D eigenvalue weighted by atomic mass is 16.6. The SMILES string of the molecule is CCC(c1cccc([N+](=O)[O-])c1)N1CC(CN)CCC1C. The molecular formula is C16H25N3O2. The van der Waals surface area contributed by atoms with Crippen LogP contribution in [0.4, 0.5) is 5.69 Å². The summed E-state index contributed by atoms with van der Waals surface area (Å²) in [7, 11) is 0. The number of nitro groups is 1. The van der Waals surface area contributed by atoms with Crippen molar-refractivity contribution in [3.8, 4) is 0 Å². The van der Waals surface area contributed by atoms with Crippen molar-refractivity contribution < 1.29 is 4.92 Å². The van der Waals surface area contributed by atoms with Crippen molar-refractivity contribution >= 4 is 5.69 Å². The number of hydrogen-bond acceptors (Lipinski definition) is 4. The number of hydrogen-bond donors (Lipinski definition) is 1. The maximum Gasteiger partial charge on any atom is 0.269 e. The molecule has 0 spiro atoms. The molecule has 5 heteroatoms. The molecule has 0 radical (unpaired) electrons. The van der Waals surface area contributed by atoms with Crippen LogP contribution in [0.15, 0.2) is 24.3 Å². The number of nitrogens with two attached hydrogens (primary N) is 1. The van der Waals surface area contributed by atoms with E-state index in [4.69, 9.17) is 5.73 Å². The maximum atomic E-state index is 11.0. The second kappa shape index (κ2) is 7.00. The number of rotatable bonds is 5. The molecule has 3 unspecified atom stereocenters. The third-order valence-corrected chi connectivity index (χ3v) is 4.61. The second-order valence-corrected chi connectivity index (χ2v) is 6.00. The van der Waals surface area contributed by atoms with E-state index in [2.05, 4.69) is 18.7 Å². The summed E-state index contributed by atoms with van der Waals surface area (Å²) in [6, 6.07) is 7.78. The van der Waals surface area contributed by atoms with Gasteiger partial charge in [-0.05, 0) is 44.2 Å². The Balaban J connectivity index is 2.25. The topological polar surface area (TPSA) is 72.4 Å². The predicted octanol–water partition coefficient (Wildman–Crippen LogP) is 3.11. The molecule has 21 heavy (non-hydrogen) atoms. The van der Waals surface area contributed by atoms with Crippen molar-refractivity contribution in [1.82, 2.24) is 4.90 Å². The third-order valence-electron chi connectivity index (χ3n) is 4.61. The smallest absolute Gasteiger partial charge is 0.269 e. The molecule has 1 saturated heterocycles. The number of benzene rings is 1. The molecule has 0 bridgehead atoms. The van der Waals surface area contributed by atoms with E-state index in [0.29, 0.717) is 18.5 Å². The highest BCUT2D eigenvalue weighted by molar-refractivity contribution is 5.36. The van der Waals surface area contributed by atoms with E-state index in [1.165, 1.54) is 6.42 Å². The fourth-order valence-corrected chi connectivity index (χ4v) is 3.35. The first-order valence-corrected chi connectivity index (χ1v) is 7.77. The summed E-state index contributed by atoms with van der Waals surface area (Å²) in [6.45, 7) is 6.09. The lowest BCUT2D eigenvalue weighted by Gasteiger charge is -2.42. The minimum atomic E-state index is -0.321. The molecule has 1 aliphatic rings. The predicted molar refractivity (Wildman–Crippen MR) is 84.1 cm³/mol. The molecule has 1 aliphatic heterocycles. The van der Waals surface area contributed by atoms with Crippen molar-refractivity contribution in [2.45, 2.75) is 45.2 Å². The highest BCUT2D eigenvalue weighted by Gasteiger charge is 2.30. The van der Waals surface area contributed by atoms with Gasteiger partial charge in [-0.2, -0.15) is 0 Å². The maximum absolute atomic E-state index is 11.0. The van der Waals surface area contributed by atoms with Gasteiger partial charge in [0.25, 0.3) is 5.69 Å². The van der Waals surface area contributed by atoms with Crippen LogP contribution in [-0.4, -0.2) is 29.0 Å². The molecule has 5 nitrogen and oxygen atoms in total. The first-order chi connectivity index (χ1) is 10.1. The van der Waals surface area contributed by atoms with Gasteiger partial charge in [-0.1, -0.05) is 19.1 Å². The lowest BCUT2D eigenvalue weighted by molar-refractivity contribution is -0.385. The van der Waals surface area contributed by atoms with E-state index in [-0.39, 0.29) is 16.7 Å². The molecule has 0 amide bonds. The van der Waals surface area contributed by atoms with Crippen LogP contribution in [0.2, 0.25) is 0 Å². The van der Waals surface area contributed by atoms with Gasteiger partial charge < -0.3 is 5.73 Å². The lowest BCUT2D eigenvalue weighted by atomic mass is 9.89. The van der Waals surface area contributed by atoms with Crippen LogP contribution in [0.1, 0.15) is 44.7 Å². The van der Waals surface area contributed by atoms with Gasteiger partial charge in [-0.15, -0.1) is 0 Å². The number of nitro benzene ring substituents is 1. The number of non-ortho nitro benzene ring substituents is 1. The Kier molecular flexibility index (Phi) is 5.31. The second-order valence-electron chi connectivity index (χ2n) is 6.00. The van der Waals surface area contributed by atoms with Crippen LogP contribution in [-0.2, 0) is 0 Å². The van der Waals surface area contributed by atoms with Gasteiger partial charge in [0.2, 0.25) is 0 Å². The summed E-state index contributed by atoms with van der Waals surface area (Å²) in [4.78, 5) is 13.1. The Bertz CT molecular complexity index is 492. The Labute approximate surface area is 126 Å². The summed E-state index contributed by atoms with van der Waals surface area (Å²) in [5.74, 6) is 0.536. The fourth-order valence-electron chi connectivity index (χ4n) is 3.35. The zero-order chi connectivity index (χ0) is 15.4. The monoisotopic (exact) mass is 291 g/mol. The molecule has 116 valence electrons. The lowest BCUT2D eigenvalue weighted by Crippen LogP contribution is -2.45. The Morgan fingerprint density at radius 3 is 2.86 bits per heavy atom. The van der Waals surface area contributed by atoms with Crippen molar-refractivity contribution in [3.63, 3.8) is 0 Å². The molecule has 1 aromatic carbocycles. The van der Waals surface area contributed by atoms with Crippen LogP contribution in [0, 0.1) is 16.0 Å². The molecule has 0 aromatic heterocycles. The molecule has 1 aromatic rings. The number of likely N-dealkylation sites (tertiary alicyclic amines) is 1. The summed E-state index contributed by atoms with van der Waals surface area (Å²) in [5, 5.41) is 11.0. The minimum Gasteiger partial charge on any atom is -0.330 e. The zero-order valence-electron chi connectivity index (χ0n) is 12.9. The van der Waals surface area contributed by atoms with Crippen molar-refractivity contribution in [2.24, 2.45) is 11.7 Å². The molecule has 0 aliphatic carbocycles. The van der Waals surface area contributed by atoms with Gasteiger partial charge in [0, 0.05) is 30.8 Å². The zero-order valence-corrected chi connectivity index (χ0v) is 12.9. The summed E-state index contributed by atoms with van der Waals surface area (Å²) in [5.41, 5.74) is 7.05. The molecule has 1 heterocycles. The van der Waals surface area contributed by atoms with Crippen LogP contribution >= 0.6 is 0 Å². The van der Waals surface area contributed by atoms with E-state index in [1.807, 2.05) is 6.07 Å². The van der Waals surface area contributed by atoms with Gasteiger partial charge in [-0.25, -0.2) is 0 Å². The average Bonchev–Trinajstić information content (AvgIpc) is 2.50. The Morgan fingerprint density at radius 2 is 2.24 bits per heavy atom. The highest BCUT2D eigenvalue weighted by Crippen LogP contribution is 2.33. The molecule has 0 saturated carbocycles. The van der Waals surface area contributed by atoms with E-state index in [1.54, 1.807) is 18.2 Å². The van der Waals surface area contributed by atoms with Gasteiger partial charge >= 0.3 is 0 Å². The van der Waals surface area contributed by atoms with Crippen LogP contribution in [0.25, 0.3) is 0 Å². The van der Waals surface area contributed by atoms with E-state index >= 15 is 0 Å². The van der Waals surface area contributed by atoms with Crippen molar-refractivity contribution in [1.29, 1.82) is 0 Å². The molecule has 2 N–H and O–H groups in total. The van der Waals surface area contributed by atoms with Gasteiger partial charge in [-0.3, -0.25) is 15.0 Å². The quantitative estimate of drug-likeness (QED) is 0.668. The normalized spacial score (nSPS) is 24.7. The molecular weight excluding hydrogens is 266 g/mol.